The van der Waals surface area contributed by atoms with E-state index in [0.29, 0.717) is 21.6 Å². The van der Waals surface area contributed by atoms with Gasteiger partial charge in [-0.05, 0) is 36.1 Å². The highest BCUT2D eigenvalue weighted by atomic mass is 79.9. The second kappa shape index (κ2) is 13.5. The molecule has 0 radical (unpaired) electrons. The molecule has 10 nitrogen and oxygen atoms in total. The van der Waals surface area contributed by atoms with Gasteiger partial charge < -0.3 is 29.7 Å². The lowest BCUT2D eigenvalue weighted by Crippen LogP contribution is -2.59. The molecular weight excluding hydrogens is 690 g/mol. The minimum absolute atomic E-state index is 0.0800. The number of esters is 1. The fraction of sp³-hybridized carbons (Fsp3) is 0.429. The molecule has 4 aliphatic heterocycles. The predicted molar refractivity (Wildman–Crippen MR) is 178 cm³/mol. The second-order valence-corrected chi connectivity index (χ2v) is 14.0. The molecule has 0 aliphatic carbocycles. The molecule has 0 saturated carbocycles. The molecule has 248 valence electrons. The molecule has 2 saturated heterocycles. The number of rotatable bonds is 5. The number of cyclic esters (lactones) is 1. The molecule has 1 spiro atoms. The quantitative estimate of drug-likeness (QED) is 0.348. The van der Waals surface area contributed by atoms with Gasteiger partial charge in [0.05, 0.1) is 41.2 Å². The van der Waals surface area contributed by atoms with Crippen molar-refractivity contribution in [3.8, 4) is 0 Å². The summed E-state index contributed by atoms with van der Waals surface area (Å²) in [6, 6.07) is 13.4. The Bertz CT molecular complexity index is 1620. The van der Waals surface area contributed by atoms with Gasteiger partial charge in [-0.2, -0.15) is 0 Å². The Kier molecular flexibility index (Phi) is 9.62. The first-order chi connectivity index (χ1) is 22.6. The number of carbonyl (C=O) groups is 4. The lowest BCUT2D eigenvalue weighted by atomic mass is 9.74. The normalized spacial score (nSPS) is 31.0. The van der Waals surface area contributed by atoms with E-state index in [0.717, 1.165) is 5.56 Å². The van der Waals surface area contributed by atoms with E-state index in [1.54, 1.807) is 42.5 Å². The molecule has 12 heteroatoms. The number of fused-ring (bicyclic) bond motifs is 2. The molecule has 0 unspecified atom stereocenters. The van der Waals surface area contributed by atoms with E-state index in [1.165, 1.54) is 9.80 Å². The van der Waals surface area contributed by atoms with Crippen molar-refractivity contribution in [2.45, 2.75) is 56.5 Å². The number of allylic oxidation sites excluding steroid dienone is 1. The number of hydrogen-bond donors (Lipinski definition) is 2. The summed E-state index contributed by atoms with van der Waals surface area (Å²) in [5.74, 6) is -4.13. The smallest absolute Gasteiger partial charge is 0.306 e. The van der Waals surface area contributed by atoms with Gasteiger partial charge in [-0.3, -0.25) is 19.2 Å². The van der Waals surface area contributed by atoms with Crippen LogP contribution in [0.4, 0.5) is 5.69 Å². The van der Waals surface area contributed by atoms with E-state index in [1.807, 2.05) is 44.2 Å². The first-order valence-electron chi connectivity index (χ1n) is 15.8. The maximum atomic E-state index is 15.0. The highest BCUT2D eigenvalue weighted by molar-refractivity contribution is 9.11. The van der Waals surface area contributed by atoms with E-state index in [-0.39, 0.29) is 25.5 Å². The third kappa shape index (κ3) is 5.92. The minimum Gasteiger partial charge on any atom is -0.463 e. The molecule has 3 amide bonds. The van der Waals surface area contributed by atoms with Crippen molar-refractivity contribution >= 4 is 56.9 Å². The average Bonchev–Trinajstić information content (AvgIpc) is 3.65. The van der Waals surface area contributed by atoms with E-state index < -0.39 is 72.0 Å². The molecule has 2 aromatic rings. The molecule has 4 heterocycles. The number of halogens is 2. The maximum Gasteiger partial charge on any atom is 0.306 e. The van der Waals surface area contributed by atoms with Crippen molar-refractivity contribution in [3.05, 3.63) is 87.9 Å². The van der Waals surface area contributed by atoms with Crippen LogP contribution in [0, 0.1) is 17.8 Å². The Morgan fingerprint density at radius 3 is 2.47 bits per heavy atom. The Labute approximate surface area is 286 Å². The first kappa shape index (κ1) is 33.4. The molecule has 2 fully saturated rings. The van der Waals surface area contributed by atoms with Crippen molar-refractivity contribution in [1.82, 2.24) is 10.2 Å². The SMILES string of the molecule is CC(C)[C@H](CO)N1C(=O)[C@@H]2[C@H]3C(=O)N[C@@H](c4ccccc4)COC(=O)CC/C=C\CN(c4ccccc4Cl)C(=O)[C@@H]1[C@]21C=C(Br)[C@H]3O1. The number of ether oxygens (including phenoxy) is 2. The molecular formula is C35H37BrClN3O7. The molecule has 47 heavy (non-hydrogen) atoms. The topological polar surface area (TPSA) is 125 Å². The van der Waals surface area contributed by atoms with Gasteiger partial charge in [-0.1, -0.05) is 96.0 Å². The third-order valence-corrected chi connectivity index (χ3v) is 10.5. The first-order valence-corrected chi connectivity index (χ1v) is 17.0. The number of nitrogens with zero attached hydrogens (tertiary/aromatic N) is 2. The summed E-state index contributed by atoms with van der Waals surface area (Å²) >= 11 is 10.2. The summed E-state index contributed by atoms with van der Waals surface area (Å²) in [4.78, 5) is 59.6. The van der Waals surface area contributed by atoms with Gasteiger partial charge in [-0.25, -0.2) is 0 Å². The summed E-state index contributed by atoms with van der Waals surface area (Å²) < 4.78 is 12.8. The van der Waals surface area contributed by atoms with Crippen molar-refractivity contribution in [3.63, 3.8) is 0 Å². The van der Waals surface area contributed by atoms with Crippen LogP contribution >= 0.6 is 27.5 Å². The zero-order valence-electron chi connectivity index (χ0n) is 26.1. The number of hydrogen-bond acceptors (Lipinski definition) is 7. The molecule has 2 aromatic carbocycles. The number of aliphatic hydroxyl groups is 1. The number of aliphatic hydroxyl groups excluding tert-OH is 1. The molecule has 7 atom stereocenters. The molecule has 5 bridgehead atoms. The van der Waals surface area contributed by atoms with Gasteiger partial charge in [0.1, 0.15) is 24.4 Å². The average molecular weight is 727 g/mol. The molecule has 6 rings (SSSR count). The fourth-order valence-electron chi connectivity index (χ4n) is 7.26. The standard InChI is InChI=1S/C35H37BrClN3O7/c1-20(2)26(18-41)40-31-34(45)39(25-14-9-8-13-23(25)37)16-10-4-7-15-27(42)46-19-24(21-11-5-3-6-12-21)38-32(43)28-29(33(40)44)35(31)17-22(36)30(28)47-35/h3-6,8-14,17,20,24,26,28-31,41H,7,15-16,18-19H2,1-2H3,(H,38,43)/b10-4-/t24-,26+,28-,29+,30-,31-,35+/m1/s1. The highest BCUT2D eigenvalue weighted by Crippen LogP contribution is 2.59. The lowest BCUT2D eigenvalue weighted by Gasteiger charge is -2.40. The van der Waals surface area contributed by atoms with Gasteiger partial charge in [0.25, 0.3) is 5.91 Å². The molecule has 2 N–H and O–H groups in total. The number of para-hydroxylation sites is 1. The van der Waals surface area contributed by atoms with Crippen molar-refractivity contribution in [2.24, 2.45) is 17.8 Å². The van der Waals surface area contributed by atoms with E-state index >= 15 is 4.79 Å². The van der Waals surface area contributed by atoms with Gasteiger partial charge in [0.2, 0.25) is 11.8 Å². The Morgan fingerprint density at radius 1 is 1.04 bits per heavy atom. The summed E-state index contributed by atoms with van der Waals surface area (Å²) in [6.45, 7) is 3.32. The van der Waals surface area contributed by atoms with Crippen LogP contribution in [0.15, 0.2) is 77.3 Å². The maximum absolute atomic E-state index is 15.0. The largest absolute Gasteiger partial charge is 0.463 e. The Balaban J connectivity index is 1.50. The fourth-order valence-corrected chi connectivity index (χ4v) is 8.23. The monoisotopic (exact) mass is 725 g/mol. The van der Waals surface area contributed by atoms with Crippen LogP contribution in [0.3, 0.4) is 0 Å². The van der Waals surface area contributed by atoms with Gasteiger partial charge in [0.15, 0.2) is 0 Å². The Hall–Kier alpha value is -3.51. The minimum atomic E-state index is -1.51. The van der Waals surface area contributed by atoms with E-state index in [4.69, 9.17) is 21.1 Å². The summed E-state index contributed by atoms with van der Waals surface area (Å²) in [5.41, 5.74) is -0.356. The summed E-state index contributed by atoms with van der Waals surface area (Å²) in [6.07, 6.45) is 4.93. The number of benzene rings is 2. The zero-order chi connectivity index (χ0) is 33.5. The van der Waals surface area contributed by atoms with Crippen LogP contribution < -0.4 is 10.2 Å². The van der Waals surface area contributed by atoms with Crippen LogP contribution in [-0.2, 0) is 28.7 Å². The van der Waals surface area contributed by atoms with Crippen LogP contribution in [0.5, 0.6) is 0 Å². The van der Waals surface area contributed by atoms with Crippen LogP contribution in [-0.4, -0.2) is 77.2 Å². The summed E-state index contributed by atoms with van der Waals surface area (Å²) in [5, 5.41) is 14.0. The van der Waals surface area contributed by atoms with Gasteiger partial charge >= 0.3 is 5.97 Å². The highest BCUT2D eigenvalue weighted by Gasteiger charge is 2.75. The summed E-state index contributed by atoms with van der Waals surface area (Å²) in [7, 11) is 0. The number of amides is 3. The van der Waals surface area contributed by atoms with Crippen molar-refractivity contribution in [1.29, 1.82) is 0 Å². The zero-order valence-corrected chi connectivity index (χ0v) is 28.4. The Morgan fingerprint density at radius 2 is 1.77 bits per heavy atom. The molecule has 0 aromatic heterocycles. The third-order valence-electron chi connectivity index (χ3n) is 9.52. The molecule has 4 aliphatic rings. The second-order valence-electron chi connectivity index (χ2n) is 12.6. The van der Waals surface area contributed by atoms with Crippen molar-refractivity contribution in [2.75, 3.05) is 24.7 Å². The number of carbonyl (C=O) groups excluding carboxylic acids is 4. The van der Waals surface area contributed by atoms with E-state index in [2.05, 4.69) is 21.2 Å². The van der Waals surface area contributed by atoms with E-state index in [9.17, 15) is 19.5 Å². The van der Waals surface area contributed by atoms with Crippen LogP contribution in [0.1, 0.15) is 38.3 Å². The van der Waals surface area contributed by atoms with Gasteiger partial charge in [0, 0.05) is 17.4 Å². The van der Waals surface area contributed by atoms with Gasteiger partial charge in [-0.15, -0.1) is 0 Å². The lowest BCUT2D eigenvalue weighted by molar-refractivity contribution is -0.147. The number of anilines is 1. The number of likely N-dealkylation sites (tertiary alicyclic amines) is 1. The van der Waals surface area contributed by atoms with Crippen LogP contribution in [0.25, 0.3) is 0 Å². The predicted octanol–water partition coefficient (Wildman–Crippen LogP) is 4.31. The van der Waals surface area contributed by atoms with Crippen LogP contribution in [0.2, 0.25) is 5.02 Å². The van der Waals surface area contributed by atoms with Crippen molar-refractivity contribution < 1.29 is 33.8 Å². The number of nitrogens with one attached hydrogen (secondary N) is 1.